The van der Waals surface area contributed by atoms with Crippen LogP contribution < -0.4 is 24.7 Å². The number of carbonyl (C=O) groups is 1. The molecule has 1 atom stereocenters. The summed E-state index contributed by atoms with van der Waals surface area (Å²) in [5.41, 5.74) is 10.1. The van der Waals surface area contributed by atoms with E-state index >= 15 is 0 Å². The van der Waals surface area contributed by atoms with Gasteiger partial charge in [0, 0.05) is 27.6 Å². The zero-order valence-corrected chi connectivity index (χ0v) is 24.7. The maximum Gasteiger partial charge on any atom is 0.379 e. The number of nitriles is 1. The molecule has 5 aromatic rings. The number of furan rings is 1. The van der Waals surface area contributed by atoms with Gasteiger partial charge in [-0.05, 0) is 61.4 Å². The summed E-state index contributed by atoms with van der Waals surface area (Å²) in [6.07, 6.45) is 0. The highest BCUT2D eigenvalue weighted by atomic mass is 35.5. The Balaban J connectivity index is 1.29. The minimum atomic E-state index is -0.636. The van der Waals surface area contributed by atoms with Crippen molar-refractivity contribution in [1.82, 2.24) is 0 Å². The average molecular weight is 607 g/mol. The van der Waals surface area contributed by atoms with Gasteiger partial charge in [0.15, 0.2) is 11.5 Å². The van der Waals surface area contributed by atoms with E-state index in [4.69, 9.17) is 40.7 Å². The molecule has 0 bridgehead atoms. The van der Waals surface area contributed by atoms with Gasteiger partial charge < -0.3 is 29.1 Å². The van der Waals surface area contributed by atoms with E-state index in [2.05, 4.69) is 6.07 Å². The highest BCUT2D eigenvalue weighted by Crippen LogP contribution is 2.45. The maximum atomic E-state index is 13.0. The lowest BCUT2D eigenvalue weighted by molar-refractivity contribution is 0.0702. The first-order chi connectivity index (χ1) is 21.4. The minimum Gasteiger partial charge on any atom is -0.490 e. The molecule has 1 aromatic heterocycles. The number of para-hydroxylation sites is 1. The number of allylic oxidation sites excluding steroid dienone is 1. The van der Waals surface area contributed by atoms with E-state index in [1.807, 2.05) is 74.5 Å². The van der Waals surface area contributed by atoms with Crippen molar-refractivity contribution in [2.75, 3.05) is 6.61 Å². The third-order valence-electron chi connectivity index (χ3n) is 7.34. The van der Waals surface area contributed by atoms with Crippen molar-refractivity contribution < 1.29 is 28.2 Å². The van der Waals surface area contributed by atoms with Crippen LogP contribution in [0.3, 0.4) is 0 Å². The second-order valence-corrected chi connectivity index (χ2v) is 10.6. The van der Waals surface area contributed by atoms with Crippen LogP contribution >= 0.6 is 11.6 Å². The molecule has 220 valence electrons. The van der Waals surface area contributed by atoms with Gasteiger partial charge in [0.25, 0.3) is 0 Å². The van der Waals surface area contributed by atoms with Gasteiger partial charge in [0.2, 0.25) is 11.6 Å². The summed E-state index contributed by atoms with van der Waals surface area (Å²) in [6, 6.07) is 27.5. The third kappa shape index (κ3) is 5.53. The van der Waals surface area contributed by atoms with Crippen LogP contribution in [0.2, 0.25) is 5.02 Å². The van der Waals surface area contributed by atoms with E-state index in [-0.39, 0.29) is 23.0 Å². The van der Waals surface area contributed by atoms with Gasteiger partial charge in [-0.25, -0.2) is 4.79 Å². The van der Waals surface area contributed by atoms with Gasteiger partial charge in [-0.15, -0.1) is 0 Å². The molecule has 0 aliphatic carbocycles. The number of fused-ring (bicyclic) bond motifs is 2. The SMILES string of the molecule is CCOc1cc(C2C(C#N)=C(N)Oc3cc(OC(=O)c4oc5ccccc5c4C)ccc32)ccc1OCc1ccc(Cl)cc1. The summed E-state index contributed by atoms with van der Waals surface area (Å²) in [5.74, 6) is 0.559. The van der Waals surface area contributed by atoms with E-state index in [0.717, 1.165) is 16.5 Å². The van der Waals surface area contributed by atoms with Crippen LogP contribution in [0.5, 0.6) is 23.0 Å². The highest BCUT2D eigenvalue weighted by Gasteiger charge is 2.32. The molecule has 9 heteroatoms. The molecule has 0 amide bonds. The van der Waals surface area contributed by atoms with Crippen LogP contribution in [0, 0.1) is 18.3 Å². The van der Waals surface area contributed by atoms with E-state index in [9.17, 15) is 10.1 Å². The normalized spacial score (nSPS) is 14.0. The number of esters is 1. The van der Waals surface area contributed by atoms with E-state index < -0.39 is 11.9 Å². The molecule has 8 nitrogen and oxygen atoms in total. The van der Waals surface area contributed by atoms with E-state index in [0.29, 0.717) is 52.2 Å². The minimum absolute atomic E-state index is 0.0392. The molecule has 1 unspecified atom stereocenters. The second kappa shape index (κ2) is 12.1. The largest absolute Gasteiger partial charge is 0.490 e. The number of rotatable bonds is 8. The predicted octanol–water partition coefficient (Wildman–Crippen LogP) is 7.81. The molecule has 1 aliphatic rings. The zero-order valence-electron chi connectivity index (χ0n) is 23.9. The Bertz CT molecular complexity index is 1950. The predicted molar refractivity (Wildman–Crippen MR) is 165 cm³/mol. The third-order valence-corrected chi connectivity index (χ3v) is 7.59. The topological polar surface area (TPSA) is 117 Å². The number of benzene rings is 4. The summed E-state index contributed by atoms with van der Waals surface area (Å²) in [6.45, 7) is 4.42. The lowest BCUT2D eigenvalue weighted by Crippen LogP contribution is -2.21. The van der Waals surface area contributed by atoms with Gasteiger partial charge in [-0.1, -0.05) is 54.1 Å². The molecule has 0 radical (unpaired) electrons. The number of aryl methyl sites for hydroxylation is 1. The molecule has 1 aliphatic heterocycles. The molecule has 2 N–H and O–H groups in total. The Kier molecular flexibility index (Phi) is 7.88. The number of nitrogens with zero attached hydrogens (tertiary/aromatic N) is 1. The highest BCUT2D eigenvalue weighted by molar-refractivity contribution is 6.30. The molecule has 6 rings (SSSR count). The molecule has 0 spiro atoms. The molecule has 44 heavy (non-hydrogen) atoms. The summed E-state index contributed by atoms with van der Waals surface area (Å²) >= 11 is 6.00. The van der Waals surface area contributed by atoms with Crippen molar-refractivity contribution in [1.29, 1.82) is 5.26 Å². The first-order valence-electron chi connectivity index (χ1n) is 13.9. The number of carbonyl (C=O) groups excluding carboxylic acids is 1. The summed E-state index contributed by atoms with van der Waals surface area (Å²) in [7, 11) is 0. The summed E-state index contributed by atoms with van der Waals surface area (Å²) in [4.78, 5) is 13.0. The van der Waals surface area contributed by atoms with Gasteiger partial charge in [0.1, 0.15) is 35.3 Å². The Labute approximate surface area is 258 Å². The van der Waals surface area contributed by atoms with Crippen LogP contribution in [-0.2, 0) is 6.61 Å². The Morgan fingerprint density at radius 3 is 2.55 bits per heavy atom. The lowest BCUT2D eigenvalue weighted by Gasteiger charge is -2.27. The molecule has 4 aromatic carbocycles. The van der Waals surface area contributed by atoms with Crippen molar-refractivity contribution in [2.24, 2.45) is 5.73 Å². The first kappa shape index (κ1) is 28.7. The van der Waals surface area contributed by atoms with Gasteiger partial charge in [-0.3, -0.25) is 0 Å². The average Bonchev–Trinajstić information content (AvgIpc) is 3.37. The Morgan fingerprint density at radius 1 is 1.00 bits per heavy atom. The van der Waals surface area contributed by atoms with Crippen LogP contribution in [0.4, 0.5) is 0 Å². The standard InChI is InChI=1S/C35H27ClN2O6/c1-3-40-31-16-22(10-15-29(31)41-19-21-8-11-23(36)12-9-21)32-26-14-13-24(17-30(26)44-34(38)27(32)18-37)42-35(39)33-20(2)25-6-4-5-7-28(25)43-33/h4-17,32H,3,19,38H2,1-2H3. The number of hydrogen-bond acceptors (Lipinski definition) is 8. The van der Waals surface area contributed by atoms with Crippen molar-refractivity contribution >= 4 is 28.5 Å². The molecular formula is C35H27ClN2O6. The van der Waals surface area contributed by atoms with Crippen LogP contribution in [-0.4, -0.2) is 12.6 Å². The molecule has 0 saturated heterocycles. The maximum absolute atomic E-state index is 13.0. The van der Waals surface area contributed by atoms with Gasteiger partial charge >= 0.3 is 5.97 Å². The number of ether oxygens (including phenoxy) is 4. The summed E-state index contributed by atoms with van der Waals surface area (Å²) < 4.78 is 29.3. The molecule has 2 heterocycles. The number of nitrogens with two attached hydrogens (primary N) is 1. The fraction of sp³-hybridized carbons (Fsp3) is 0.143. The Hall–Kier alpha value is -5.39. The van der Waals surface area contributed by atoms with Crippen molar-refractivity contribution in [3.63, 3.8) is 0 Å². The summed E-state index contributed by atoms with van der Waals surface area (Å²) in [5, 5.41) is 11.5. The van der Waals surface area contributed by atoms with Gasteiger partial charge in [-0.2, -0.15) is 5.26 Å². The van der Waals surface area contributed by atoms with Gasteiger partial charge in [0.05, 0.1) is 12.5 Å². The number of halogens is 1. The van der Waals surface area contributed by atoms with Crippen LogP contribution in [0.25, 0.3) is 11.0 Å². The lowest BCUT2D eigenvalue weighted by atomic mass is 9.83. The molecular weight excluding hydrogens is 580 g/mol. The van der Waals surface area contributed by atoms with Crippen molar-refractivity contribution in [3.05, 3.63) is 129 Å². The van der Waals surface area contributed by atoms with E-state index in [1.165, 1.54) is 0 Å². The van der Waals surface area contributed by atoms with Crippen molar-refractivity contribution in [3.8, 4) is 29.1 Å². The molecule has 0 fully saturated rings. The van der Waals surface area contributed by atoms with Crippen molar-refractivity contribution in [2.45, 2.75) is 26.4 Å². The smallest absolute Gasteiger partial charge is 0.379 e. The quantitative estimate of drug-likeness (QED) is 0.140. The fourth-order valence-electron chi connectivity index (χ4n) is 5.20. The second-order valence-electron chi connectivity index (χ2n) is 10.1. The van der Waals surface area contributed by atoms with Crippen LogP contribution in [0.1, 0.15) is 45.7 Å². The fourth-order valence-corrected chi connectivity index (χ4v) is 5.32. The Morgan fingerprint density at radius 2 is 1.80 bits per heavy atom. The number of hydrogen-bond donors (Lipinski definition) is 1. The van der Waals surface area contributed by atoms with E-state index in [1.54, 1.807) is 24.3 Å². The molecule has 0 saturated carbocycles. The van der Waals surface area contributed by atoms with Crippen LogP contribution in [0.15, 0.2) is 101 Å². The monoisotopic (exact) mass is 606 g/mol. The zero-order chi connectivity index (χ0) is 30.8. The first-order valence-corrected chi connectivity index (χ1v) is 14.3.